The fourth-order valence-corrected chi connectivity index (χ4v) is 2.75. The van der Waals surface area contributed by atoms with Crippen LogP contribution < -0.4 is 5.32 Å². The van der Waals surface area contributed by atoms with Gasteiger partial charge in [0.05, 0.1) is 17.1 Å². The number of halogens is 2. The summed E-state index contributed by atoms with van der Waals surface area (Å²) < 4.78 is 13.2. The molecule has 4 nitrogen and oxygen atoms in total. The van der Waals surface area contributed by atoms with E-state index in [0.29, 0.717) is 5.56 Å². The first-order chi connectivity index (χ1) is 9.81. The molecule has 0 aliphatic carbocycles. The second-order valence-electron chi connectivity index (χ2n) is 4.75. The number of aliphatic hydroxyl groups is 1. The van der Waals surface area contributed by atoms with E-state index in [9.17, 15) is 19.4 Å². The predicted molar refractivity (Wildman–Crippen MR) is 79.3 cm³/mol. The van der Waals surface area contributed by atoms with Crippen LogP contribution in [0.15, 0.2) is 29.0 Å². The first kappa shape index (κ1) is 15.8. The molecular weight excluding hydrogens is 317 g/mol. The van der Waals surface area contributed by atoms with Gasteiger partial charge in [-0.3, -0.25) is 4.79 Å². The number of thiophene rings is 1. The van der Waals surface area contributed by atoms with Crippen molar-refractivity contribution in [2.45, 2.75) is 12.5 Å². The third-order valence-corrected chi connectivity index (χ3v) is 3.98. The lowest BCUT2D eigenvalue weighted by Crippen LogP contribution is -2.38. The van der Waals surface area contributed by atoms with Crippen LogP contribution in [-0.4, -0.2) is 22.7 Å². The molecule has 7 heteroatoms. The molecule has 2 aromatic rings. The summed E-state index contributed by atoms with van der Waals surface area (Å²) in [6, 6.07) is 3.54. The molecule has 1 aromatic heterocycles. The zero-order valence-electron chi connectivity index (χ0n) is 11.1. The number of hydrogen-bond donors (Lipinski definition) is 3. The molecule has 0 radical (unpaired) electrons. The van der Waals surface area contributed by atoms with Crippen molar-refractivity contribution in [1.82, 2.24) is 5.32 Å². The molecule has 2 rings (SSSR count). The van der Waals surface area contributed by atoms with E-state index in [4.69, 9.17) is 11.6 Å². The number of phenolic OH excluding ortho intramolecular Hbond substituents is 1. The average Bonchev–Trinajstić information content (AvgIpc) is 2.95. The SMILES string of the molecule is CC(O)(CNC(=O)c1cc(F)cc(Cl)c1O)c1ccsc1. The first-order valence-corrected chi connectivity index (χ1v) is 7.34. The van der Waals surface area contributed by atoms with Crippen LogP contribution in [0, 0.1) is 5.82 Å². The Balaban J connectivity index is 2.13. The van der Waals surface area contributed by atoms with Crippen molar-refractivity contribution in [3.05, 3.63) is 50.9 Å². The van der Waals surface area contributed by atoms with Gasteiger partial charge in [0, 0.05) is 0 Å². The van der Waals surface area contributed by atoms with Gasteiger partial charge in [0.15, 0.2) is 0 Å². The lowest BCUT2D eigenvalue weighted by Gasteiger charge is -2.23. The highest BCUT2D eigenvalue weighted by Gasteiger charge is 2.25. The maximum Gasteiger partial charge on any atom is 0.255 e. The van der Waals surface area contributed by atoms with Crippen LogP contribution >= 0.6 is 22.9 Å². The van der Waals surface area contributed by atoms with Gasteiger partial charge in [0.1, 0.15) is 17.2 Å². The molecule has 1 unspecified atom stereocenters. The van der Waals surface area contributed by atoms with Crippen molar-refractivity contribution in [2.75, 3.05) is 6.54 Å². The van der Waals surface area contributed by atoms with Crippen molar-refractivity contribution in [3.8, 4) is 5.75 Å². The molecule has 0 aliphatic heterocycles. The molecule has 112 valence electrons. The zero-order chi connectivity index (χ0) is 15.6. The predicted octanol–water partition coefficient (Wildman–Crippen LogP) is 2.88. The maximum atomic E-state index is 13.2. The molecule has 0 saturated heterocycles. The number of rotatable bonds is 4. The fourth-order valence-electron chi connectivity index (χ4n) is 1.76. The summed E-state index contributed by atoms with van der Waals surface area (Å²) in [4.78, 5) is 12.0. The highest BCUT2D eigenvalue weighted by atomic mass is 35.5. The van der Waals surface area contributed by atoms with Gasteiger partial charge in [0.25, 0.3) is 5.91 Å². The molecule has 0 fully saturated rings. The van der Waals surface area contributed by atoms with Crippen LogP contribution in [0.25, 0.3) is 0 Å². The lowest BCUT2D eigenvalue weighted by atomic mass is 9.99. The Labute approximate surface area is 129 Å². The van der Waals surface area contributed by atoms with E-state index in [0.717, 1.165) is 12.1 Å². The Morgan fingerprint density at radius 2 is 2.24 bits per heavy atom. The molecule has 3 N–H and O–H groups in total. The molecule has 0 aliphatic rings. The Kier molecular flexibility index (Phi) is 4.51. The van der Waals surface area contributed by atoms with Crippen LogP contribution in [0.1, 0.15) is 22.8 Å². The summed E-state index contributed by atoms with van der Waals surface area (Å²) in [6.45, 7) is 1.46. The number of carbonyl (C=O) groups excluding carboxylic acids is 1. The standard InChI is InChI=1S/C14H13ClFNO3S/c1-14(20,8-2-3-21-6-8)7-17-13(19)10-4-9(16)5-11(15)12(10)18/h2-6,18,20H,7H2,1H3,(H,17,19). The van der Waals surface area contributed by atoms with Crippen molar-refractivity contribution in [2.24, 2.45) is 0 Å². The van der Waals surface area contributed by atoms with Crippen molar-refractivity contribution < 1.29 is 19.4 Å². The Morgan fingerprint density at radius 1 is 1.52 bits per heavy atom. The van der Waals surface area contributed by atoms with E-state index >= 15 is 0 Å². The third-order valence-electron chi connectivity index (χ3n) is 3.01. The van der Waals surface area contributed by atoms with Gasteiger partial charge in [-0.15, -0.1) is 0 Å². The number of phenols is 1. The number of amides is 1. The van der Waals surface area contributed by atoms with Gasteiger partial charge in [-0.2, -0.15) is 11.3 Å². The molecule has 1 heterocycles. The molecule has 1 atom stereocenters. The van der Waals surface area contributed by atoms with Gasteiger partial charge in [-0.25, -0.2) is 4.39 Å². The number of aromatic hydroxyl groups is 1. The van der Waals surface area contributed by atoms with Gasteiger partial charge < -0.3 is 15.5 Å². The van der Waals surface area contributed by atoms with Crippen molar-refractivity contribution in [1.29, 1.82) is 0 Å². The molecule has 1 amide bonds. The van der Waals surface area contributed by atoms with Crippen molar-refractivity contribution >= 4 is 28.8 Å². The smallest absolute Gasteiger partial charge is 0.255 e. The second kappa shape index (κ2) is 6.01. The number of carbonyl (C=O) groups is 1. The van der Waals surface area contributed by atoms with E-state index in [1.807, 2.05) is 5.38 Å². The first-order valence-electron chi connectivity index (χ1n) is 6.02. The van der Waals surface area contributed by atoms with Crippen molar-refractivity contribution in [3.63, 3.8) is 0 Å². The minimum atomic E-state index is -1.26. The fraction of sp³-hybridized carbons (Fsp3) is 0.214. The van der Waals surface area contributed by atoms with Gasteiger partial charge in [-0.1, -0.05) is 11.6 Å². The Bertz CT molecular complexity index is 658. The van der Waals surface area contributed by atoms with E-state index in [1.165, 1.54) is 11.3 Å². The topological polar surface area (TPSA) is 69.6 Å². The minimum Gasteiger partial charge on any atom is -0.506 e. The highest BCUT2D eigenvalue weighted by molar-refractivity contribution is 7.08. The minimum absolute atomic E-state index is 0.0872. The van der Waals surface area contributed by atoms with Gasteiger partial charge in [-0.05, 0) is 41.4 Å². The largest absolute Gasteiger partial charge is 0.506 e. The summed E-state index contributed by atoms with van der Waals surface area (Å²) in [7, 11) is 0. The zero-order valence-corrected chi connectivity index (χ0v) is 12.6. The second-order valence-corrected chi connectivity index (χ2v) is 5.94. The summed E-state index contributed by atoms with van der Waals surface area (Å²) in [6.07, 6.45) is 0. The Morgan fingerprint density at radius 3 is 2.86 bits per heavy atom. The Hall–Kier alpha value is -1.63. The normalized spacial score (nSPS) is 13.7. The van der Waals surface area contributed by atoms with E-state index in [-0.39, 0.29) is 17.1 Å². The molecule has 0 spiro atoms. The molecule has 21 heavy (non-hydrogen) atoms. The van der Waals surface area contributed by atoms with E-state index < -0.39 is 23.1 Å². The number of hydrogen-bond acceptors (Lipinski definition) is 4. The van der Waals surface area contributed by atoms with Gasteiger partial charge >= 0.3 is 0 Å². The van der Waals surface area contributed by atoms with Crippen LogP contribution in [0.2, 0.25) is 5.02 Å². The average molecular weight is 330 g/mol. The molecule has 1 aromatic carbocycles. The van der Waals surface area contributed by atoms with E-state index in [2.05, 4.69) is 5.32 Å². The molecule has 0 saturated carbocycles. The molecule has 0 bridgehead atoms. The lowest BCUT2D eigenvalue weighted by molar-refractivity contribution is 0.0529. The van der Waals surface area contributed by atoms with E-state index in [1.54, 1.807) is 18.4 Å². The van der Waals surface area contributed by atoms with Crippen LogP contribution in [0.5, 0.6) is 5.75 Å². The highest BCUT2D eigenvalue weighted by Crippen LogP contribution is 2.29. The van der Waals surface area contributed by atoms with Gasteiger partial charge in [0.2, 0.25) is 0 Å². The monoisotopic (exact) mass is 329 g/mol. The van der Waals surface area contributed by atoms with Crippen LogP contribution in [0.3, 0.4) is 0 Å². The summed E-state index contributed by atoms with van der Waals surface area (Å²) >= 11 is 7.04. The maximum absolute atomic E-state index is 13.2. The quantitative estimate of drug-likeness (QED) is 0.808. The number of benzene rings is 1. The summed E-state index contributed by atoms with van der Waals surface area (Å²) in [5, 5.41) is 25.7. The van der Waals surface area contributed by atoms with Crippen LogP contribution in [0.4, 0.5) is 4.39 Å². The van der Waals surface area contributed by atoms with Crippen LogP contribution in [-0.2, 0) is 5.60 Å². The summed E-state index contributed by atoms with van der Waals surface area (Å²) in [5.74, 6) is -1.94. The third kappa shape index (κ3) is 3.53. The number of nitrogens with one attached hydrogen (secondary N) is 1. The molecular formula is C14H13ClFNO3S. The summed E-state index contributed by atoms with van der Waals surface area (Å²) in [5.41, 5.74) is -0.877.